The van der Waals surface area contributed by atoms with Crippen molar-refractivity contribution in [2.45, 2.75) is 18.9 Å². The Hall–Kier alpha value is -1.30. The fourth-order valence-electron chi connectivity index (χ4n) is 3.13. The molecule has 2 aliphatic rings. The van der Waals surface area contributed by atoms with Crippen LogP contribution in [-0.4, -0.2) is 45.5 Å². The van der Waals surface area contributed by atoms with Gasteiger partial charge in [0.05, 0.1) is 14.2 Å². The molecule has 1 saturated heterocycles. The summed E-state index contributed by atoms with van der Waals surface area (Å²) in [5, 5.41) is 2.60. The molecule has 102 valence electrons. The first-order valence-corrected chi connectivity index (χ1v) is 6.17. The number of nitrogens with one attached hydrogen (secondary N) is 1. The van der Waals surface area contributed by atoms with Gasteiger partial charge in [0.15, 0.2) is 0 Å². The average Bonchev–Trinajstić information content (AvgIpc) is 2.63. The van der Waals surface area contributed by atoms with Crippen molar-refractivity contribution in [3.8, 4) is 0 Å². The predicted octanol–water partition coefficient (Wildman–Crippen LogP) is 0.557. The van der Waals surface area contributed by atoms with E-state index in [1.54, 1.807) is 0 Å². The topological polar surface area (TPSA) is 73.9 Å². The molecule has 2 rings (SSSR count). The maximum atomic E-state index is 11.8. The van der Waals surface area contributed by atoms with Gasteiger partial charge in [-0.25, -0.2) is 9.59 Å². The van der Waals surface area contributed by atoms with Gasteiger partial charge in [-0.3, -0.25) is 0 Å². The molecule has 1 aliphatic carbocycles. The first-order chi connectivity index (χ1) is 8.67. The van der Waals surface area contributed by atoms with Gasteiger partial charge in [-0.15, -0.1) is 0 Å². The molecular formula is C12H19NO5. The highest BCUT2D eigenvalue weighted by Crippen LogP contribution is 2.43. The molecule has 3 atom stereocenters. The lowest BCUT2D eigenvalue weighted by Gasteiger charge is -2.34. The van der Waals surface area contributed by atoms with E-state index >= 15 is 0 Å². The summed E-state index contributed by atoms with van der Waals surface area (Å²) >= 11 is 0. The Morgan fingerprint density at radius 3 is 2.28 bits per heavy atom. The number of esters is 1. The van der Waals surface area contributed by atoms with E-state index in [-0.39, 0.29) is 5.92 Å². The van der Waals surface area contributed by atoms with Gasteiger partial charge in [0.2, 0.25) is 0 Å². The van der Waals surface area contributed by atoms with Crippen LogP contribution < -0.4 is 5.32 Å². The van der Waals surface area contributed by atoms with Crippen LogP contribution in [0.5, 0.6) is 0 Å². The number of amides is 1. The summed E-state index contributed by atoms with van der Waals surface area (Å²) in [6.45, 7) is 1.30. The number of ether oxygens (including phenoxy) is 3. The monoisotopic (exact) mass is 257 g/mol. The van der Waals surface area contributed by atoms with E-state index in [9.17, 15) is 9.59 Å². The molecular weight excluding hydrogens is 238 g/mol. The van der Waals surface area contributed by atoms with Crippen molar-refractivity contribution in [2.24, 2.45) is 17.8 Å². The molecule has 0 spiro atoms. The Balaban J connectivity index is 2.13. The molecule has 0 aromatic heterocycles. The molecule has 2 fully saturated rings. The average molecular weight is 257 g/mol. The van der Waals surface area contributed by atoms with Gasteiger partial charge in [-0.05, 0) is 24.7 Å². The third kappa shape index (κ3) is 2.43. The van der Waals surface area contributed by atoms with Crippen molar-refractivity contribution in [3.05, 3.63) is 0 Å². The van der Waals surface area contributed by atoms with Gasteiger partial charge in [0.1, 0.15) is 6.04 Å². The van der Waals surface area contributed by atoms with Gasteiger partial charge >= 0.3 is 12.1 Å². The number of methoxy groups -OCH3 is 2. The zero-order chi connectivity index (χ0) is 13.1. The van der Waals surface area contributed by atoms with Gasteiger partial charge in [0.25, 0.3) is 0 Å². The van der Waals surface area contributed by atoms with Crippen LogP contribution in [0.2, 0.25) is 0 Å². The second-order valence-electron chi connectivity index (χ2n) is 4.85. The Morgan fingerprint density at radius 1 is 1.17 bits per heavy atom. The van der Waals surface area contributed by atoms with Crippen molar-refractivity contribution in [1.29, 1.82) is 0 Å². The number of carbonyl (C=O) groups is 2. The fraction of sp³-hybridized carbons (Fsp3) is 0.833. The maximum Gasteiger partial charge on any atom is 0.407 e. The quantitative estimate of drug-likeness (QED) is 0.748. The summed E-state index contributed by atoms with van der Waals surface area (Å²) in [5.41, 5.74) is 0. The van der Waals surface area contributed by atoms with E-state index in [4.69, 9.17) is 9.47 Å². The molecule has 1 N–H and O–H groups in total. The summed E-state index contributed by atoms with van der Waals surface area (Å²) in [5.74, 6) is 0.296. The molecule has 6 heteroatoms. The maximum absolute atomic E-state index is 11.8. The highest BCUT2D eigenvalue weighted by molar-refractivity contribution is 5.81. The molecule has 2 bridgehead atoms. The van der Waals surface area contributed by atoms with Crippen LogP contribution in [0.1, 0.15) is 12.8 Å². The van der Waals surface area contributed by atoms with Crippen LogP contribution in [0.25, 0.3) is 0 Å². The first-order valence-electron chi connectivity index (χ1n) is 6.17. The van der Waals surface area contributed by atoms with Crippen LogP contribution in [0, 0.1) is 17.8 Å². The van der Waals surface area contributed by atoms with Crippen LogP contribution in [0.3, 0.4) is 0 Å². The lowest BCUT2D eigenvalue weighted by molar-refractivity contribution is -0.147. The molecule has 0 aromatic rings. The second-order valence-corrected chi connectivity index (χ2v) is 4.85. The van der Waals surface area contributed by atoms with Crippen LogP contribution in [0.15, 0.2) is 0 Å². The van der Waals surface area contributed by atoms with Gasteiger partial charge < -0.3 is 19.5 Å². The summed E-state index contributed by atoms with van der Waals surface area (Å²) in [6, 6.07) is -0.635. The van der Waals surface area contributed by atoms with Crippen molar-refractivity contribution in [1.82, 2.24) is 5.32 Å². The molecule has 6 nitrogen and oxygen atoms in total. The molecule has 1 aliphatic heterocycles. The molecule has 1 amide bonds. The van der Waals surface area contributed by atoms with Crippen molar-refractivity contribution in [2.75, 3.05) is 27.4 Å². The number of hydrogen-bond acceptors (Lipinski definition) is 5. The lowest BCUT2D eigenvalue weighted by atomic mass is 9.82. The summed E-state index contributed by atoms with van der Waals surface area (Å²) in [6.07, 6.45) is 1.47. The number of rotatable bonds is 3. The molecule has 3 unspecified atom stereocenters. The summed E-state index contributed by atoms with van der Waals surface area (Å²) in [4.78, 5) is 23.2. The molecule has 1 heterocycles. The van der Waals surface area contributed by atoms with E-state index in [1.807, 2.05) is 0 Å². The molecule has 18 heavy (non-hydrogen) atoms. The summed E-state index contributed by atoms with van der Waals surface area (Å²) < 4.78 is 14.8. The van der Waals surface area contributed by atoms with E-state index in [2.05, 4.69) is 10.1 Å². The van der Waals surface area contributed by atoms with Crippen molar-refractivity contribution < 1.29 is 23.8 Å². The Kier molecular flexibility index (Phi) is 4.06. The number of carbonyl (C=O) groups excluding carboxylic acids is 2. The SMILES string of the molecule is COC(=O)NC(C(=O)OC)C1C2CCC1COC2. The molecule has 0 radical (unpaired) electrons. The number of fused-ring (bicyclic) bond motifs is 2. The smallest absolute Gasteiger partial charge is 0.407 e. The Labute approximate surface area is 106 Å². The van der Waals surface area contributed by atoms with E-state index in [0.717, 1.165) is 12.8 Å². The Morgan fingerprint density at radius 2 is 1.78 bits per heavy atom. The van der Waals surface area contributed by atoms with Crippen molar-refractivity contribution in [3.63, 3.8) is 0 Å². The van der Waals surface area contributed by atoms with E-state index in [0.29, 0.717) is 25.0 Å². The Bertz CT molecular complexity index is 316. The third-order valence-corrected chi connectivity index (χ3v) is 3.96. The zero-order valence-electron chi connectivity index (χ0n) is 10.7. The van der Waals surface area contributed by atoms with Crippen molar-refractivity contribution >= 4 is 12.1 Å². The predicted molar refractivity (Wildman–Crippen MR) is 61.9 cm³/mol. The van der Waals surface area contributed by atoms with Crippen LogP contribution in [-0.2, 0) is 19.0 Å². The molecule has 1 saturated carbocycles. The van der Waals surface area contributed by atoms with Gasteiger partial charge in [-0.2, -0.15) is 0 Å². The summed E-state index contributed by atoms with van der Waals surface area (Å²) in [7, 11) is 2.61. The van der Waals surface area contributed by atoms with E-state index in [1.165, 1.54) is 14.2 Å². The normalized spacial score (nSPS) is 31.6. The standard InChI is InChI=1S/C12H19NO5/c1-16-11(14)10(13-12(15)17-2)9-7-3-4-8(9)6-18-5-7/h7-10H,3-6H2,1-2H3,(H,13,15). The number of hydrogen-bond donors (Lipinski definition) is 1. The van der Waals surface area contributed by atoms with E-state index < -0.39 is 18.1 Å². The van der Waals surface area contributed by atoms with Gasteiger partial charge in [-0.1, -0.05) is 0 Å². The van der Waals surface area contributed by atoms with Gasteiger partial charge in [0, 0.05) is 19.1 Å². The number of alkyl carbamates (subject to hydrolysis) is 1. The highest BCUT2D eigenvalue weighted by atomic mass is 16.5. The van der Waals surface area contributed by atoms with Crippen LogP contribution in [0.4, 0.5) is 4.79 Å². The highest BCUT2D eigenvalue weighted by Gasteiger charge is 2.47. The first kappa shape index (κ1) is 13.1. The minimum Gasteiger partial charge on any atom is -0.467 e. The lowest BCUT2D eigenvalue weighted by Crippen LogP contribution is -2.51. The minimum absolute atomic E-state index is 0.0882. The fourth-order valence-corrected chi connectivity index (χ4v) is 3.13. The zero-order valence-corrected chi connectivity index (χ0v) is 10.7. The van der Waals surface area contributed by atoms with Crippen LogP contribution >= 0.6 is 0 Å². The second kappa shape index (κ2) is 5.56. The largest absolute Gasteiger partial charge is 0.467 e. The molecule has 0 aromatic carbocycles. The minimum atomic E-state index is -0.635. The third-order valence-electron chi connectivity index (χ3n) is 3.96.